The molecule has 0 aliphatic heterocycles. The Balaban J connectivity index is 1.50. The smallest absolute Gasteiger partial charge is 0.273 e. The molecule has 0 atom stereocenters. The third-order valence-electron chi connectivity index (χ3n) is 3.97. The molecule has 26 heavy (non-hydrogen) atoms. The van der Waals surface area contributed by atoms with Gasteiger partial charge in [0.05, 0.1) is 12.7 Å². The topological polar surface area (TPSA) is 64.4 Å². The molecule has 0 saturated carbocycles. The molecule has 0 radical (unpaired) electrons. The molecule has 2 aromatic carbocycles. The van der Waals surface area contributed by atoms with Crippen molar-refractivity contribution in [2.75, 3.05) is 13.7 Å². The third kappa shape index (κ3) is 4.27. The molecular formula is C20H19FN2O3. The van der Waals surface area contributed by atoms with E-state index in [0.29, 0.717) is 6.54 Å². The van der Waals surface area contributed by atoms with Gasteiger partial charge in [-0.1, -0.05) is 29.4 Å². The summed E-state index contributed by atoms with van der Waals surface area (Å²) in [6.07, 6.45) is 1.62. The van der Waals surface area contributed by atoms with Crippen LogP contribution in [0.15, 0.2) is 59.1 Å². The highest BCUT2D eigenvalue weighted by molar-refractivity contribution is 5.93. The van der Waals surface area contributed by atoms with Gasteiger partial charge in [0.25, 0.3) is 5.91 Å². The van der Waals surface area contributed by atoms with Crippen LogP contribution in [0.4, 0.5) is 4.39 Å². The maximum absolute atomic E-state index is 13.7. The molecule has 0 unspecified atom stereocenters. The van der Waals surface area contributed by atoms with Gasteiger partial charge >= 0.3 is 0 Å². The maximum Gasteiger partial charge on any atom is 0.273 e. The molecule has 3 rings (SSSR count). The average molecular weight is 354 g/mol. The Bertz CT molecular complexity index is 875. The highest BCUT2D eigenvalue weighted by Crippen LogP contribution is 2.23. The number of carbonyl (C=O) groups is 1. The monoisotopic (exact) mass is 354 g/mol. The van der Waals surface area contributed by atoms with Gasteiger partial charge in [0.1, 0.15) is 11.6 Å². The van der Waals surface area contributed by atoms with E-state index in [4.69, 9.17) is 9.26 Å². The Morgan fingerprint density at radius 2 is 1.96 bits per heavy atom. The molecule has 134 valence electrons. The number of aromatic nitrogens is 1. The number of halogens is 1. The standard InChI is InChI=1S/C20H19FN2O3/c1-25-15-10-8-14(9-11-15)5-4-12-22-20(24)18-13-19(26-23-18)16-6-2-3-7-17(16)21/h2-3,6-11,13H,4-5,12H2,1H3,(H,22,24). The van der Waals surface area contributed by atoms with E-state index in [1.807, 2.05) is 24.3 Å². The molecule has 1 aromatic heterocycles. The van der Waals surface area contributed by atoms with Crippen LogP contribution in [0.2, 0.25) is 0 Å². The van der Waals surface area contributed by atoms with Crippen LogP contribution >= 0.6 is 0 Å². The first kappa shape index (κ1) is 17.7. The average Bonchev–Trinajstić information content (AvgIpc) is 3.16. The number of nitrogens with one attached hydrogen (secondary N) is 1. The highest BCUT2D eigenvalue weighted by atomic mass is 19.1. The van der Waals surface area contributed by atoms with E-state index in [0.717, 1.165) is 18.6 Å². The molecule has 0 aliphatic carbocycles. The van der Waals surface area contributed by atoms with Crippen molar-refractivity contribution in [3.63, 3.8) is 0 Å². The van der Waals surface area contributed by atoms with Gasteiger partial charge in [-0.05, 0) is 42.7 Å². The number of benzene rings is 2. The van der Waals surface area contributed by atoms with Crippen LogP contribution in [0, 0.1) is 5.82 Å². The SMILES string of the molecule is COc1ccc(CCCNC(=O)c2cc(-c3ccccc3F)on2)cc1. The molecule has 6 heteroatoms. The number of amides is 1. The lowest BCUT2D eigenvalue weighted by molar-refractivity contribution is 0.0944. The van der Waals surface area contributed by atoms with Crippen LogP contribution in [-0.2, 0) is 6.42 Å². The molecule has 1 amide bonds. The molecule has 0 spiro atoms. The fourth-order valence-electron chi connectivity index (χ4n) is 2.55. The summed E-state index contributed by atoms with van der Waals surface area (Å²) in [5.41, 5.74) is 1.58. The number of nitrogens with zero attached hydrogens (tertiary/aromatic N) is 1. The first-order valence-corrected chi connectivity index (χ1v) is 8.30. The quantitative estimate of drug-likeness (QED) is 0.655. The van der Waals surface area contributed by atoms with Crippen LogP contribution < -0.4 is 10.1 Å². The first-order valence-electron chi connectivity index (χ1n) is 8.30. The summed E-state index contributed by atoms with van der Waals surface area (Å²) in [7, 11) is 1.63. The summed E-state index contributed by atoms with van der Waals surface area (Å²) >= 11 is 0. The predicted octanol–water partition coefficient (Wildman–Crippen LogP) is 3.85. The van der Waals surface area contributed by atoms with Gasteiger partial charge in [-0.2, -0.15) is 0 Å². The first-order chi connectivity index (χ1) is 12.7. The third-order valence-corrected chi connectivity index (χ3v) is 3.97. The Hall–Kier alpha value is -3.15. The Labute approximate surface area is 150 Å². The zero-order valence-corrected chi connectivity index (χ0v) is 14.4. The molecule has 1 heterocycles. The predicted molar refractivity (Wildman–Crippen MR) is 95.5 cm³/mol. The lowest BCUT2D eigenvalue weighted by Gasteiger charge is -2.04. The minimum atomic E-state index is -0.421. The second-order valence-corrected chi connectivity index (χ2v) is 5.76. The van der Waals surface area contributed by atoms with Crippen molar-refractivity contribution in [1.82, 2.24) is 10.5 Å². The van der Waals surface area contributed by atoms with Crippen molar-refractivity contribution in [2.24, 2.45) is 0 Å². The number of hydrogen-bond acceptors (Lipinski definition) is 4. The van der Waals surface area contributed by atoms with Gasteiger partial charge < -0.3 is 14.6 Å². The minimum absolute atomic E-state index is 0.132. The molecule has 0 bridgehead atoms. The van der Waals surface area contributed by atoms with E-state index < -0.39 is 5.82 Å². The Morgan fingerprint density at radius 3 is 2.69 bits per heavy atom. The summed E-state index contributed by atoms with van der Waals surface area (Å²) in [5.74, 6) is 0.284. The molecule has 5 nitrogen and oxygen atoms in total. The van der Waals surface area contributed by atoms with Crippen molar-refractivity contribution in [3.05, 3.63) is 71.7 Å². The van der Waals surface area contributed by atoms with Crippen molar-refractivity contribution < 1.29 is 18.4 Å². The van der Waals surface area contributed by atoms with E-state index in [1.54, 1.807) is 25.3 Å². The van der Waals surface area contributed by atoms with Gasteiger partial charge in [0.15, 0.2) is 11.5 Å². The summed E-state index contributed by atoms with van der Waals surface area (Å²) in [5, 5.41) is 6.51. The Morgan fingerprint density at radius 1 is 1.19 bits per heavy atom. The van der Waals surface area contributed by atoms with E-state index in [9.17, 15) is 9.18 Å². The second-order valence-electron chi connectivity index (χ2n) is 5.76. The molecule has 0 aliphatic rings. The van der Waals surface area contributed by atoms with Crippen molar-refractivity contribution in [2.45, 2.75) is 12.8 Å². The number of methoxy groups -OCH3 is 1. The van der Waals surface area contributed by atoms with E-state index in [-0.39, 0.29) is 22.9 Å². The molecular weight excluding hydrogens is 335 g/mol. The largest absolute Gasteiger partial charge is 0.497 e. The fraction of sp³-hybridized carbons (Fsp3) is 0.200. The molecule has 1 N–H and O–H groups in total. The van der Waals surface area contributed by atoms with Crippen LogP contribution in [-0.4, -0.2) is 24.7 Å². The van der Waals surface area contributed by atoms with Gasteiger partial charge in [-0.25, -0.2) is 4.39 Å². The zero-order chi connectivity index (χ0) is 18.4. The van der Waals surface area contributed by atoms with Crippen molar-refractivity contribution in [3.8, 4) is 17.1 Å². The fourth-order valence-corrected chi connectivity index (χ4v) is 2.55. The van der Waals surface area contributed by atoms with Gasteiger partial charge in [-0.3, -0.25) is 4.79 Å². The summed E-state index contributed by atoms with van der Waals surface area (Å²) in [6.45, 7) is 0.507. The van der Waals surface area contributed by atoms with Crippen LogP contribution in [0.1, 0.15) is 22.5 Å². The van der Waals surface area contributed by atoms with Crippen LogP contribution in [0.5, 0.6) is 5.75 Å². The maximum atomic E-state index is 13.7. The number of rotatable bonds is 7. The molecule has 0 saturated heterocycles. The highest BCUT2D eigenvalue weighted by Gasteiger charge is 2.15. The zero-order valence-electron chi connectivity index (χ0n) is 14.4. The lowest BCUT2D eigenvalue weighted by Crippen LogP contribution is -2.25. The van der Waals surface area contributed by atoms with Crippen LogP contribution in [0.3, 0.4) is 0 Å². The number of ether oxygens (including phenoxy) is 1. The summed E-state index contributed by atoms with van der Waals surface area (Å²) in [6, 6.07) is 15.4. The normalized spacial score (nSPS) is 10.5. The number of carbonyl (C=O) groups excluding carboxylic acids is 1. The Kier molecular flexibility index (Phi) is 5.63. The van der Waals surface area contributed by atoms with Gasteiger partial charge in [0.2, 0.25) is 0 Å². The van der Waals surface area contributed by atoms with Crippen molar-refractivity contribution >= 4 is 5.91 Å². The number of hydrogen-bond donors (Lipinski definition) is 1. The molecule has 3 aromatic rings. The summed E-state index contributed by atoms with van der Waals surface area (Å²) in [4.78, 5) is 12.1. The van der Waals surface area contributed by atoms with Gasteiger partial charge in [-0.15, -0.1) is 0 Å². The van der Waals surface area contributed by atoms with E-state index in [2.05, 4.69) is 10.5 Å². The van der Waals surface area contributed by atoms with E-state index in [1.165, 1.54) is 17.7 Å². The second kappa shape index (κ2) is 8.29. The van der Waals surface area contributed by atoms with Crippen molar-refractivity contribution in [1.29, 1.82) is 0 Å². The van der Waals surface area contributed by atoms with E-state index >= 15 is 0 Å². The van der Waals surface area contributed by atoms with Crippen LogP contribution in [0.25, 0.3) is 11.3 Å². The lowest BCUT2D eigenvalue weighted by atomic mass is 10.1. The van der Waals surface area contributed by atoms with Gasteiger partial charge in [0, 0.05) is 12.6 Å². The number of aryl methyl sites for hydroxylation is 1. The minimum Gasteiger partial charge on any atom is -0.497 e. The molecule has 0 fully saturated rings. The summed E-state index contributed by atoms with van der Waals surface area (Å²) < 4.78 is 24.0.